The van der Waals surface area contributed by atoms with Crippen LogP contribution in [0, 0.1) is 10.1 Å². The minimum atomic E-state index is -3.82. The van der Waals surface area contributed by atoms with Crippen LogP contribution in [0.4, 0.5) is 11.4 Å². The normalized spacial score (nSPS) is 12.0. The van der Waals surface area contributed by atoms with Gasteiger partial charge in [-0.25, -0.2) is 8.42 Å². The number of amides is 1. The van der Waals surface area contributed by atoms with E-state index in [4.69, 9.17) is 11.6 Å². The second kappa shape index (κ2) is 9.82. The van der Waals surface area contributed by atoms with Crippen molar-refractivity contribution in [3.05, 3.63) is 105 Å². The summed E-state index contributed by atoms with van der Waals surface area (Å²) < 4.78 is 29.9. The van der Waals surface area contributed by atoms with Gasteiger partial charge in [0.25, 0.3) is 21.6 Å². The standard InChI is InChI=1S/C23H17ClN4O5S2/c1-2-13-27-20-12-9-18(28(30)31)14-21(20)34-23(27)25-22(29)15-3-7-17(8-4-15)26-35(32,33)19-10-5-16(24)6-11-19/h2-12,14,26H,1,13H2. The number of allylic oxidation sites excluding steroid dienone is 1. The Morgan fingerprint density at radius 2 is 1.83 bits per heavy atom. The Hall–Kier alpha value is -3.80. The SMILES string of the molecule is C=CCn1c(=NC(=O)c2ccc(NS(=O)(=O)c3ccc(Cl)cc3)cc2)sc2cc([N+](=O)[O-])ccc21. The molecule has 0 saturated heterocycles. The first kappa shape index (κ1) is 24.3. The molecule has 0 saturated carbocycles. The second-order valence-corrected chi connectivity index (χ2v) is 10.4. The lowest BCUT2D eigenvalue weighted by atomic mass is 10.2. The predicted molar refractivity (Wildman–Crippen MR) is 135 cm³/mol. The van der Waals surface area contributed by atoms with E-state index in [1.807, 2.05) is 0 Å². The lowest BCUT2D eigenvalue weighted by Gasteiger charge is -2.08. The Labute approximate surface area is 208 Å². The summed E-state index contributed by atoms with van der Waals surface area (Å²) in [6.45, 7) is 4.07. The maximum absolute atomic E-state index is 12.8. The number of carbonyl (C=O) groups is 1. The van der Waals surface area contributed by atoms with Crippen molar-refractivity contribution in [2.45, 2.75) is 11.4 Å². The summed E-state index contributed by atoms with van der Waals surface area (Å²) in [5.74, 6) is -0.545. The fourth-order valence-corrected chi connectivity index (χ4v) is 5.48. The van der Waals surface area contributed by atoms with Crippen LogP contribution in [0.5, 0.6) is 0 Å². The molecule has 3 aromatic carbocycles. The number of hydrogen-bond donors (Lipinski definition) is 1. The number of fused-ring (bicyclic) bond motifs is 1. The summed E-state index contributed by atoms with van der Waals surface area (Å²) in [4.78, 5) is 28.0. The highest BCUT2D eigenvalue weighted by Crippen LogP contribution is 2.24. The summed E-state index contributed by atoms with van der Waals surface area (Å²) in [6.07, 6.45) is 1.64. The first-order valence-corrected chi connectivity index (χ1v) is 12.7. The van der Waals surface area contributed by atoms with E-state index in [0.29, 0.717) is 26.6 Å². The van der Waals surface area contributed by atoms with Crippen molar-refractivity contribution in [2.24, 2.45) is 4.99 Å². The molecule has 1 N–H and O–H groups in total. The van der Waals surface area contributed by atoms with Crippen LogP contribution in [0.15, 0.2) is 89.3 Å². The molecule has 0 atom stereocenters. The summed E-state index contributed by atoms with van der Waals surface area (Å²) >= 11 is 6.96. The third kappa shape index (κ3) is 5.32. The molecule has 35 heavy (non-hydrogen) atoms. The summed E-state index contributed by atoms with van der Waals surface area (Å²) in [5, 5.41) is 11.5. The molecule has 1 heterocycles. The van der Waals surface area contributed by atoms with Gasteiger partial charge in [0.1, 0.15) is 0 Å². The second-order valence-electron chi connectivity index (χ2n) is 7.25. The minimum Gasteiger partial charge on any atom is -0.312 e. The van der Waals surface area contributed by atoms with Crippen LogP contribution in [-0.4, -0.2) is 23.8 Å². The number of aromatic nitrogens is 1. The molecule has 0 aliphatic carbocycles. The number of nitrogens with one attached hydrogen (secondary N) is 1. The Kier molecular flexibility index (Phi) is 6.83. The molecule has 0 radical (unpaired) electrons. The number of thiazole rings is 1. The van der Waals surface area contributed by atoms with Crippen molar-refractivity contribution in [1.29, 1.82) is 0 Å². The van der Waals surface area contributed by atoms with Gasteiger partial charge in [0.2, 0.25) is 0 Å². The largest absolute Gasteiger partial charge is 0.312 e. The van der Waals surface area contributed by atoms with Crippen molar-refractivity contribution in [3.8, 4) is 0 Å². The summed E-state index contributed by atoms with van der Waals surface area (Å²) in [5.41, 5.74) is 1.15. The zero-order valence-electron chi connectivity index (χ0n) is 17.9. The number of halogens is 1. The maximum atomic E-state index is 12.8. The molecule has 0 unspecified atom stereocenters. The van der Waals surface area contributed by atoms with Gasteiger partial charge >= 0.3 is 0 Å². The number of nitro benzene ring substituents is 1. The van der Waals surface area contributed by atoms with E-state index < -0.39 is 20.9 Å². The van der Waals surface area contributed by atoms with Gasteiger partial charge in [0.15, 0.2) is 4.80 Å². The summed E-state index contributed by atoms with van der Waals surface area (Å²) in [7, 11) is -3.82. The molecule has 178 valence electrons. The van der Waals surface area contributed by atoms with E-state index in [1.54, 1.807) is 16.7 Å². The highest BCUT2D eigenvalue weighted by atomic mass is 35.5. The zero-order chi connectivity index (χ0) is 25.2. The van der Waals surface area contributed by atoms with Crippen LogP contribution < -0.4 is 9.52 Å². The molecule has 0 aliphatic heterocycles. The van der Waals surface area contributed by atoms with Crippen LogP contribution in [0.25, 0.3) is 10.2 Å². The third-order valence-electron chi connectivity index (χ3n) is 4.89. The number of benzene rings is 3. The van der Waals surface area contributed by atoms with Crippen molar-refractivity contribution >= 4 is 60.5 Å². The monoisotopic (exact) mass is 528 g/mol. The molecule has 9 nitrogen and oxygen atoms in total. The van der Waals surface area contributed by atoms with E-state index in [1.165, 1.54) is 60.7 Å². The molecule has 12 heteroatoms. The van der Waals surface area contributed by atoms with Crippen LogP contribution in [0.3, 0.4) is 0 Å². The van der Waals surface area contributed by atoms with E-state index in [-0.39, 0.29) is 21.8 Å². The van der Waals surface area contributed by atoms with Gasteiger partial charge < -0.3 is 4.57 Å². The zero-order valence-corrected chi connectivity index (χ0v) is 20.3. The smallest absolute Gasteiger partial charge is 0.279 e. The van der Waals surface area contributed by atoms with Gasteiger partial charge in [-0.05, 0) is 54.6 Å². The number of anilines is 1. The first-order valence-electron chi connectivity index (χ1n) is 10.0. The summed E-state index contributed by atoms with van der Waals surface area (Å²) in [6, 6.07) is 16.0. The number of non-ortho nitro benzene ring substituents is 1. The Morgan fingerprint density at radius 3 is 2.46 bits per heavy atom. The van der Waals surface area contributed by atoms with E-state index >= 15 is 0 Å². The Bertz CT molecular complexity index is 1620. The van der Waals surface area contributed by atoms with Crippen molar-refractivity contribution in [1.82, 2.24) is 4.57 Å². The average molecular weight is 529 g/mol. The van der Waals surface area contributed by atoms with Crippen LogP contribution in [0.2, 0.25) is 5.02 Å². The third-order valence-corrected chi connectivity index (χ3v) is 7.58. The number of nitrogens with zero attached hydrogens (tertiary/aromatic N) is 3. The van der Waals surface area contributed by atoms with Gasteiger partial charge in [-0.1, -0.05) is 29.0 Å². The Balaban J connectivity index is 1.62. The molecule has 0 aliphatic rings. The topological polar surface area (TPSA) is 124 Å². The quantitative estimate of drug-likeness (QED) is 0.205. The maximum Gasteiger partial charge on any atom is 0.279 e. The van der Waals surface area contributed by atoms with Crippen LogP contribution in [0.1, 0.15) is 10.4 Å². The van der Waals surface area contributed by atoms with Gasteiger partial charge in [0.05, 0.1) is 20.0 Å². The van der Waals surface area contributed by atoms with Crippen LogP contribution >= 0.6 is 22.9 Å². The fraction of sp³-hybridized carbons (Fsp3) is 0.0435. The molecule has 1 aromatic heterocycles. The molecule has 0 spiro atoms. The van der Waals surface area contributed by atoms with Gasteiger partial charge in [-0.2, -0.15) is 4.99 Å². The fourth-order valence-electron chi connectivity index (χ4n) is 3.23. The van der Waals surface area contributed by atoms with E-state index in [9.17, 15) is 23.3 Å². The molecule has 4 aromatic rings. The number of rotatable bonds is 7. The lowest BCUT2D eigenvalue weighted by Crippen LogP contribution is -2.16. The lowest BCUT2D eigenvalue weighted by molar-refractivity contribution is -0.384. The Morgan fingerprint density at radius 1 is 1.14 bits per heavy atom. The number of nitro groups is 1. The molecular weight excluding hydrogens is 512 g/mol. The van der Waals surface area contributed by atoms with E-state index in [2.05, 4.69) is 16.3 Å². The van der Waals surface area contributed by atoms with Crippen molar-refractivity contribution in [3.63, 3.8) is 0 Å². The number of hydrogen-bond acceptors (Lipinski definition) is 6. The first-order chi connectivity index (χ1) is 16.7. The highest BCUT2D eigenvalue weighted by Gasteiger charge is 2.15. The van der Waals surface area contributed by atoms with Gasteiger partial charge in [-0.15, -0.1) is 6.58 Å². The average Bonchev–Trinajstić information content (AvgIpc) is 3.16. The number of carbonyl (C=O) groups excluding carboxylic acids is 1. The van der Waals surface area contributed by atoms with Gasteiger partial charge in [0, 0.05) is 35.0 Å². The van der Waals surface area contributed by atoms with Gasteiger partial charge in [-0.3, -0.25) is 19.6 Å². The van der Waals surface area contributed by atoms with E-state index in [0.717, 1.165) is 11.3 Å². The minimum absolute atomic E-state index is 0.0498. The molecular formula is C23H17ClN4O5S2. The van der Waals surface area contributed by atoms with Crippen molar-refractivity contribution in [2.75, 3.05) is 4.72 Å². The highest BCUT2D eigenvalue weighted by molar-refractivity contribution is 7.92. The molecule has 0 bridgehead atoms. The number of sulfonamides is 1. The molecule has 0 fully saturated rings. The molecule has 4 rings (SSSR count). The van der Waals surface area contributed by atoms with Crippen molar-refractivity contribution < 1.29 is 18.1 Å². The molecule has 1 amide bonds. The van der Waals surface area contributed by atoms with Crippen LogP contribution in [-0.2, 0) is 16.6 Å². The predicted octanol–water partition coefficient (Wildman–Crippen LogP) is 4.99.